The Hall–Kier alpha value is -2.38. The highest BCUT2D eigenvalue weighted by Crippen LogP contribution is 2.67. The Morgan fingerprint density at radius 3 is 2.41 bits per heavy atom. The number of nitrogens with zero attached hydrogens (tertiary/aromatic N) is 2. The zero-order chi connectivity index (χ0) is 23.1. The van der Waals surface area contributed by atoms with Crippen LogP contribution in [0, 0.1) is 5.41 Å². The number of benzene rings is 2. The highest BCUT2D eigenvalue weighted by molar-refractivity contribution is 6.42. The third-order valence-corrected chi connectivity index (χ3v) is 7.80. The number of aromatic nitrogens is 2. The Balaban J connectivity index is 1.62. The van der Waals surface area contributed by atoms with Gasteiger partial charge in [-0.25, -0.2) is 9.97 Å². The van der Waals surface area contributed by atoms with Crippen molar-refractivity contribution in [2.24, 2.45) is 5.41 Å². The lowest BCUT2D eigenvalue weighted by Gasteiger charge is -2.36. The maximum absolute atomic E-state index is 13.7. The van der Waals surface area contributed by atoms with E-state index in [0.717, 1.165) is 24.2 Å². The fourth-order valence-corrected chi connectivity index (χ4v) is 5.71. The van der Waals surface area contributed by atoms with Gasteiger partial charge in [0.1, 0.15) is 0 Å². The largest absolute Gasteiger partial charge is 0.416 e. The van der Waals surface area contributed by atoms with Crippen LogP contribution in [0.1, 0.15) is 49.6 Å². The Bertz CT molecular complexity index is 1290. The van der Waals surface area contributed by atoms with Crippen LogP contribution in [0.5, 0.6) is 0 Å². The van der Waals surface area contributed by atoms with E-state index >= 15 is 0 Å². The molecule has 4 nitrogen and oxygen atoms in total. The first-order valence-electron chi connectivity index (χ1n) is 10.1. The number of hydrogen-bond acceptors (Lipinski definition) is 3. The van der Waals surface area contributed by atoms with Crippen molar-refractivity contribution in [3.8, 4) is 0 Å². The maximum Gasteiger partial charge on any atom is 0.416 e. The highest BCUT2D eigenvalue weighted by Gasteiger charge is 2.67. The van der Waals surface area contributed by atoms with Gasteiger partial charge in [-0.15, -0.1) is 0 Å². The van der Waals surface area contributed by atoms with Crippen molar-refractivity contribution in [2.75, 3.05) is 5.32 Å². The highest BCUT2D eigenvalue weighted by atomic mass is 35.5. The van der Waals surface area contributed by atoms with Crippen molar-refractivity contribution in [1.82, 2.24) is 9.97 Å². The molecule has 2 atom stereocenters. The summed E-state index contributed by atoms with van der Waals surface area (Å²) in [5, 5.41) is 3.43. The molecule has 9 heteroatoms. The molecule has 2 unspecified atom stereocenters. The van der Waals surface area contributed by atoms with Crippen molar-refractivity contribution in [3.05, 3.63) is 63.4 Å². The molecule has 2 bridgehead atoms. The molecule has 1 amide bonds. The summed E-state index contributed by atoms with van der Waals surface area (Å²) in [6.07, 6.45) is -3.23. The lowest BCUT2D eigenvalue weighted by molar-refractivity contribution is -0.137. The van der Waals surface area contributed by atoms with Crippen LogP contribution in [0.15, 0.2) is 36.4 Å². The normalized spacial score (nSPS) is 23.4. The van der Waals surface area contributed by atoms with Crippen LogP contribution in [0.3, 0.4) is 0 Å². The van der Waals surface area contributed by atoms with E-state index in [2.05, 4.69) is 5.32 Å². The van der Waals surface area contributed by atoms with Gasteiger partial charge in [-0.1, -0.05) is 43.1 Å². The molecule has 0 saturated heterocycles. The molecule has 1 N–H and O–H groups in total. The molecule has 2 aliphatic carbocycles. The fraction of sp³-hybridized carbons (Fsp3) is 0.348. The summed E-state index contributed by atoms with van der Waals surface area (Å²) in [5.41, 5.74) is 0.152. The molecule has 0 aliphatic heterocycles. The average molecular weight is 480 g/mol. The number of amides is 1. The van der Waals surface area contributed by atoms with Gasteiger partial charge in [-0.2, -0.15) is 13.2 Å². The predicted molar refractivity (Wildman–Crippen MR) is 117 cm³/mol. The zero-order valence-electron chi connectivity index (χ0n) is 17.1. The second kappa shape index (κ2) is 6.81. The Morgan fingerprint density at radius 2 is 1.75 bits per heavy atom. The summed E-state index contributed by atoms with van der Waals surface area (Å²) in [4.78, 5) is 23.2. The van der Waals surface area contributed by atoms with E-state index in [1.807, 2.05) is 13.8 Å². The SMILES string of the molecule is CC1(C)C2CCC1(C(=O)Nc1cccc(C(F)(F)F)c1)c1nc3cc(Cl)c(Cl)cc3nc12. The molecule has 1 aromatic heterocycles. The monoisotopic (exact) mass is 479 g/mol. The molecular formula is C23H18Cl2F3N3O. The van der Waals surface area contributed by atoms with Crippen LogP contribution in [0.4, 0.5) is 18.9 Å². The summed E-state index contributed by atoms with van der Waals surface area (Å²) in [6.45, 7) is 3.98. The van der Waals surface area contributed by atoms with Crippen molar-refractivity contribution >= 4 is 45.8 Å². The van der Waals surface area contributed by atoms with Crippen LogP contribution in [-0.4, -0.2) is 15.9 Å². The van der Waals surface area contributed by atoms with Gasteiger partial charge in [0, 0.05) is 11.6 Å². The number of nitrogens with one attached hydrogen (secondary N) is 1. The number of rotatable bonds is 2. The van der Waals surface area contributed by atoms with Crippen molar-refractivity contribution in [3.63, 3.8) is 0 Å². The smallest absolute Gasteiger partial charge is 0.325 e. The van der Waals surface area contributed by atoms with Crippen molar-refractivity contribution < 1.29 is 18.0 Å². The van der Waals surface area contributed by atoms with Gasteiger partial charge in [-0.05, 0) is 48.6 Å². The number of anilines is 1. The van der Waals surface area contributed by atoms with E-state index in [4.69, 9.17) is 33.2 Å². The number of alkyl halides is 3. The van der Waals surface area contributed by atoms with E-state index in [1.165, 1.54) is 12.1 Å². The standard InChI is InChI=1S/C23H18Cl2F3N3O/c1-21(2)13-6-7-22(21,20(32)29-12-5-3-4-11(8-12)23(26,27)28)19-18(13)30-16-9-14(24)15(25)10-17(16)31-19/h3-5,8-10,13H,6-7H2,1-2H3,(H,29,32). The lowest BCUT2D eigenvalue weighted by atomic mass is 9.67. The second-order valence-electron chi connectivity index (χ2n) is 8.96. The topological polar surface area (TPSA) is 54.9 Å². The summed E-state index contributed by atoms with van der Waals surface area (Å²) < 4.78 is 39.4. The third-order valence-electron chi connectivity index (χ3n) is 7.08. The molecule has 3 aromatic rings. The number of fused-ring (bicyclic) bond motifs is 6. The van der Waals surface area contributed by atoms with E-state index in [0.29, 0.717) is 33.2 Å². The minimum atomic E-state index is -4.50. The van der Waals surface area contributed by atoms with Crippen LogP contribution in [0.2, 0.25) is 10.0 Å². The average Bonchev–Trinajstić information content (AvgIpc) is 3.08. The minimum absolute atomic E-state index is 0.00360. The van der Waals surface area contributed by atoms with Crippen molar-refractivity contribution in [1.29, 1.82) is 0 Å². The van der Waals surface area contributed by atoms with Crippen LogP contribution < -0.4 is 5.32 Å². The zero-order valence-corrected chi connectivity index (χ0v) is 18.7. The molecule has 1 heterocycles. The summed E-state index contributed by atoms with van der Waals surface area (Å²) >= 11 is 12.3. The number of carbonyl (C=O) groups is 1. The molecule has 1 fully saturated rings. The van der Waals surface area contributed by atoms with Crippen molar-refractivity contribution in [2.45, 2.75) is 44.2 Å². The Morgan fingerprint density at radius 1 is 1.09 bits per heavy atom. The second-order valence-corrected chi connectivity index (χ2v) is 9.78. The van der Waals surface area contributed by atoms with Crippen LogP contribution in [-0.2, 0) is 16.4 Å². The minimum Gasteiger partial charge on any atom is -0.325 e. The molecule has 2 aromatic carbocycles. The van der Waals surface area contributed by atoms with Gasteiger partial charge >= 0.3 is 6.18 Å². The first-order valence-corrected chi connectivity index (χ1v) is 10.9. The molecule has 2 aliphatic rings. The van der Waals surface area contributed by atoms with Crippen LogP contribution >= 0.6 is 23.2 Å². The molecule has 166 valence electrons. The lowest BCUT2D eigenvalue weighted by Crippen LogP contribution is -2.46. The van der Waals surface area contributed by atoms with E-state index in [1.54, 1.807) is 12.1 Å². The van der Waals surface area contributed by atoms with E-state index in [-0.39, 0.29) is 17.5 Å². The summed E-state index contributed by atoms with van der Waals surface area (Å²) in [6, 6.07) is 7.91. The molecule has 0 radical (unpaired) electrons. The van der Waals surface area contributed by atoms with Gasteiger partial charge in [0.25, 0.3) is 0 Å². The van der Waals surface area contributed by atoms with Gasteiger partial charge in [0.15, 0.2) is 0 Å². The summed E-state index contributed by atoms with van der Waals surface area (Å²) in [7, 11) is 0. The van der Waals surface area contributed by atoms with E-state index < -0.39 is 22.6 Å². The first kappa shape index (κ1) is 21.5. The Labute approximate surface area is 192 Å². The third kappa shape index (κ3) is 2.87. The molecule has 5 rings (SSSR count). The number of carbonyl (C=O) groups excluding carboxylic acids is 1. The van der Waals surface area contributed by atoms with Gasteiger partial charge in [0.2, 0.25) is 5.91 Å². The van der Waals surface area contributed by atoms with Gasteiger partial charge in [0.05, 0.1) is 43.4 Å². The van der Waals surface area contributed by atoms with E-state index in [9.17, 15) is 18.0 Å². The molecular weight excluding hydrogens is 462 g/mol. The number of halogens is 5. The number of hydrogen-bond donors (Lipinski definition) is 1. The predicted octanol–water partition coefficient (Wildman–Crippen LogP) is 6.75. The van der Waals surface area contributed by atoms with Crippen LogP contribution in [0.25, 0.3) is 11.0 Å². The quantitative estimate of drug-likeness (QED) is 0.442. The molecule has 0 spiro atoms. The first-order chi connectivity index (χ1) is 14.9. The van der Waals surface area contributed by atoms with Gasteiger partial charge in [-0.3, -0.25) is 4.79 Å². The molecule has 32 heavy (non-hydrogen) atoms. The fourth-order valence-electron chi connectivity index (χ4n) is 5.39. The molecule has 1 saturated carbocycles. The maximum atomic E-state index is 13.7. The Kier molecular flexibility index (Phi) is 4.57. The van der Waals surface area contributed by atoms with Gasteiger partial charge < -0.3 is 5.32 Å². The summed E-state index contributed by atoms with van der Waals surface area (Å²) in [5.74, 6) is -0.382.